The Hall–Kier alpha value is -0.414. The summed E-state index contributed by atoms with van der Waals surface area (Å²) in [6.07, 6.45) is 8.30. The third kappa shape index (κ3) is 8.53. The monoisotopic (exact) mass is 430 g/mol. The van der Waals surface area contributed by atoms with Gasteiger partial charge in [0.25, 0.3) is 10.1 Å². The molecule has 28 heavy (non-hydrogen) atoms. The fraction of sp³-hybridized carbons (Fsp3) is 0.429. The Balaban J connectivity index is 0.00000392. The van der Waals surface area contributed by atoms with Gasteiger partial charge in [0, 0.05) is 0 Å². The van der Waals surface area contributed by atoms with Crippen LogP contribution in [-0.2, 0) is 16.5 Å². The molecular weight excluding hydrogens is 403 g/mol. The van der Waals surface area contributed by atoms with Gasteiger partial charge in [-0.15, -0.1) is 5.75 Å². The van der Waals surface area contributed by atoms with E-state index in [9.17, 15) is 18.1 Å². The largest absolute Gasteiger partial charge is 1.00 e. The second-order valence-electron chi connectivity index (χ2n) is 6.67. The van der Waals surface area contributed by atoms with Crippen molar-refractivity contribution >= 4 is 10.1 Å². The van der Waals surface area contributed by atoms with Crippen molar-refractivity contribution in [3.05, 3.63) is 48.0 Å². The molecule has 0 aliphatic heterocycles. The number of benzene rings is 2. The molecule has 1 N–H and O–H groups in total. The van der Waals surface area contributed by atoms with E-state index >= 15 is 0 Å². The Morgan fingerprint density at radius 2 is 1.57 bits per heavy atom. The van der Waals surface area contributed by atoms with E-state index in [-0.39, 0.29) is 57.1 Å². The van der Waals surface area contributed by atoms with Gasteiger partial charge in [-0.3, -0.25) is 4.55 Å². The average molecular weight is 431 g/mol. The van der Waals surface area contributed by atoms with E-state index in [0.29, 0.717) is 17.7 Å². The minimum atomic E-state index is -4.57. The zero-order valence-corrected chi connectivity index (χ0v) is 20.6. The summed E-state index contributed by atoms with van der Waals surface area (Å²) in [5.41, 5.74) is 0.507. The SMILES string of the molecule is CCCCCCCCCc1cc([O-])cc(S(=O)(=O)O)c1Oc1ccccc1.[K+]. The third-order valence-electron chi connectivity index (χ3n) is 4.40. The van der Waals surface area contributed by atoms with Gasteiger partial charge >= 0.3 is 51.4 Å². The minimum absolute atomic E-state index is 0. The van der Waals surface area contributed by atoms with Crippen LogP contribution in [0.2, 0.25) is 0 Å². The molecule has 0 radical (unpaired) electrons. The van der Waals surface area contributed by atoms with E-state index < -0.39 is 20.8 Å². The second kappa shape index (κ2) is 13.0. The van der Waals surface area contributed by atoms with Gasteiger partial charge < -0.3 is 9.84 Å². The van der Waals surface area contributed by atoms with Gasteiger partial charge in [0.15, 0.2) is 5.75 Å². The quantitative estimate of drug-likeness (QED) is 0.335. The van der Waals surface area contributed by atoms with Gasteiger partial charge in [0.05, 0.1) is 0 Å². The first-order valence-corrected chi connectivity index (χ1v) is 10.9. The number of ether oxygens (including phenoxy) is 1. The van der Waals surface area contributed by atoms with Crippen LogP contribution in [0.4, 0.5) is 0 Å². The van der Waals surface area contributed by atoms with E-state index in [1.807, 2.05) is 6.07 Å². The van der Waals surface area contributed by atoms with Gasteiger partial charge in [0.1, 0.15) is 10.6 Å². The molecule has 2 aromatic rings. The molecule has 7 heteroatoms. The van der Waals surface area contributed by atoms with Crippen LogP contribution in [0.3, 0.4) is 0 Å². The molecule has 0 saturated heterocycles. The molecule has 0 saturated carbocycles. The van der Waals surface area contributed by atoms with Crippen molar-refractivity contribution in [2.24, 2.45) is 0 Å². The Bertz CT molecular complexity index is 822. The van der Waals surface area contributed by atoms with Gasteiger partial charge in [-0.05, 0) is 36.6 Å². The van der Waals surface area contributed by atoms with E-state index in [1.165, 1.54) is 31.7 Å². The number of hydrogen-bond acceptors (Lipinski definition) is 4. The molecule has 0 aliphatic carbocycles. The average Bonchev–Trinajstić information content (AvgIpc) is 2.62. The van der Waals surface area contributed by atoms with Gasteiger partial charge in [-0.25, -0.2) is 0 Å². The van der Waals surface area contributed by atoms with Gasteiger partial charge in [0.2, 0.25) is 0 Å². The van der Waals surface area contributed by atoms with Crippen molar-refractivity contribution in [2.45, 2.75) is 63.2 Å². The molecule has 2 rings (SSSR count). The van der Waals surface area contributed by atoms with E-state index in [4.69, 9.17) is 4.74 Å². The Morgan fingerprint density at radius 3 is 2.18 bits per heavy atom. The molecule has 148 valence electrons. The van der Waals surface area contributed by atoms with Crippen molar-refractivity contribution < 1.29 is 74.2 Å². The van der Waals surface area contributed by atoms with E-state index in [1.54, 1.807) is 24.3 Å². The zero-order chi connectivity index (χ0) is 19.7. The summed E-state index contributed by atoms with van der Waals surface area (Å²) in [7, 11) is -4.57. The molecule has 0 bridgehead atoms. The molecule has 0 amide bonds. The van der Waals surface area contributed by atoms with Crippen molar-refractivity contribution in [1.29, 1.82) is 0 Å². The number of para-hydroxylation sites is 1. The van der Waals surface area contributed by atoms with Crippen LogP contribution < -0.4 is 61.2 Å². The number of rotatable bonds is 11. The maximum Gasteiger partial charge on any atom is 1.00 e. The molecule has 0 atom stereocenters. The predicted molar refractivity (Wildman–Crippen MR) is 104 cm³/mol. The van der Waals surface area contributed by atoms with Crippen molar-refractivity contribution in [2.75, 3.05) is 0 Å². The summed E-state index contributed by atoms with van der Waals surface area (Å²) in [5.74, 6) is 0.0251. The van der Waals surface area contributed by atoms with Crippen LogP contribution >= 0.6 is 0 Å². The standard InChI is InChI=1S/C21H28O5S.K/c1-2-3-4-5-6-7-9-12-17-15-18(22)16-20(27(23,24)25)21(17)26-19-13-10-8-11-14-19;/h8,10-11,13-16,22H,2-7,9,12H2,1H3,(H,23,24,25);/q;+1/p-1. The normalized spacial score (nSPS) is 11.1. The molecule has 0 spiro atoms. The van der Waals surface area contributed by atoms with Crippen molar-refractivity contribution in [3.8, 4) is 17.2 Å². The molecule has 0 aromatic heterocycles. The van der Waals surface area contributed by atoms with Crippen LogP contribution in [0.1, 0.15) is 57.4 Å². The topological polar surface area (TPSA) is 86.7 Å². The predicted octanol–water partition coefficient (Wildman–Crippen LogP) is 2.10. The Kier molecular flexibility index (Phi) is 11.9. The van der Waals surface area contributed by atoms with Crippen molar-refractivity contribution in [1.82, 2.24) is 0 Å². The van der Waals surface area contributed by atoms with E-state index in [2.05, 4.69) is 6.92 Å². The smallest absolute Gasteiger partial charge is 0.872 e. The first kappa shape index (κ1) is 25.6. The minimum Gasteiger partial charge on any atom is -0.872 e. The summed E-state index contributed by atoms with van der Waals surface area (Å²) in [6.45, 7) is 2.18. The molecular formula is C21H27KO5S. The fourth-order valence-electron chi connectivity index (χ4n) is 3.00. The Morgan fingerprint density at radius 1 is 0.964 bits per heavy atom. The van der Waals surface area contributed by atoms with Crippen molar-refractivity contribution in [3.63, 3.8) is 0 Å². The van der Waals surface area contributed by atoms with Gasteiger partial charge in [-0.2, -0.15) is 8.42 Å². The van der Waals surface area contributed by atoms with Crippen LogP contribution in [0.25, 0.3) is 0 Å². The molecule has 5 nitrogen and oxygen atoms in total. The summed E-state index contributed by atoms with van der Waals surface area (Å²) >= 11 is 0. The van der Waals surface area contributed by atoms with Crippen LogP contribution in [0, 0.1) is 0 Å². The molecule has 0 heterocycles. The first-order valence-electron chi connectivity index (χ1n) is 9.46. The van der Waals surface area contributed by atoms with Crippen LogP contribution in [-0.4, -0.2) is 13.0 Å². The zero-order valence-electron chi connectivity index (χ0n) is 16.7. The molecule has 0 fully saturated rings. The van der Waals surface area contributed by atoms with Crippen LogP contribution in [0.5, 0.6) is 17.2 Å². The molecule has 0 unspecified atom stereocenters. The summed E-state index contributed by atoms with van der Waals surface area (Å²) in [5, 5.41) is 11.9. The molecule has 0 aliphatic rings. The summed E-state index contributed by atoms with van der Waals surface area (Å²) in [4.78, 5) is -0.475. The second-order valence-corrected chi connectivity index (χ2v) is 8.06. The number of aryl methyl sites for hydroxylation is 1. The third-order valence-corrected chi connectivity index (χ3v) is 5.26. The number of unbranched alkanes of at least 4 members (excludes halogenated alkanes) is 6. The molecule has 2 aromatic carbocycles. The maximum absolute atomic E-state index is 11.9. The maximum atomic E-state index is 11.9. The number of hydrogen-bond donors (Lipinski definition) is 1. The summed E-state index contributed by atoms with van der Waals surface area (Å²) < 4.78 is 38.8. The fourth-order valence-corrected chi connectivity index (χ4v) is 3.68. The van der Waals surface area contributed by atoms with E-state index in [0.717, 1.165) is 25.3 Å². The summed E-state index contributed by atoms with van der Waals surface area (Å²) in [6, 6.07) is 11.0. The first-order chi connectivity index (χ1) is 12.9. The Labute approximate surface area is 210 Å². The van der Waals surface area contributed by atoms with Gasteiger partial charge in [-0.1, -0.05) is 69.7 Å². The van der Waals surface area contributed by atoms with Crippen LogP contribution in [0.15, 0.2) is 47.4 Å².